The van der Waals surface area contributed by atoms with E-state index in [0.29, 0.717) is 6.54 Å². The lowest BCUT2D eigenvalue weighted by Gasteiger charge is -2.01. The van der Waals surface area contributed by atoms with E-state index in [9.17, 15) is 4.79 Å². The molecule has 76 valence electrons. The molecule has 6 heteroatoms. The summed E-state index contributed by atoms with van der Waals surface area (Å²) in [5.74, 6) is -0.393. The summed E-state index contributed by atoms with van der Waals surface area (Å²) < 4.78 is 5.88. The van der Waals surface area contributed by atoms with Crippen molar-refractivity contribution in [2.75, 3.05) is 12.8 Å². The minimum Gasteiger partial charge on any atom is -0.464 e. The second kappa shape index (κ2) is 3.91. The summed E-state index contributed by atoms with van der Waals surface area (Å²) in [6.07, 6.45) is 0. The SMILES string of the molecule is C=C(C)Cn1nnc(C(=O)OC)c1N. The van der Waals surface area contributed by atoms with E-state index in [1.807, 2.05) is 6.92 Å². The third-order valence-electron chi connectivity index (χ3n) is 1.57. The lowest BCUT2D eigenvalue weighted by Crippen LogP contribution is -2.09. The lowest BCUT2D eigenvalue weighted by atomic mass is 10.3. The van der Waals surface area contributed by atoms with Gasteiger partial charge in [-0.2, -0.15) is 0 Å². The average Bonchev–Trinajstić information content (AvgIpc) is 2.46. The van der Waals surface area contributed by atoms with Gasteiger partial charge < -0.3 is 10.5 Å². The Morgan fingerprint density at radius 3 is 2.86 bits per heavy atom. The zero-order chi connectivity index (χ0) is 10.7. The average molecular weight is 196 g/mol. The molecule has 0 saturated carbocycles. The molecule has 1 rings (SSSR count). The molecule has 0 atom stereocenters. The smallest absolute Gasteiger partial charge is 0.362 e. The van der Waals surface area contributed by atoms with Gasteiger partial charge in [-0.25, -0.2) is 9.48 Å². The van der Waals surface area contributed by atoms with Crippen molar-refractivity contribution < 1.29 is 9.53 Å². The monoisotopic (exact) mass is 196 g/mol. The van der Waals surface area contributed by atoms with Crippen LogP contribution in [-0.4, -0.2) is 28.1 Å². The van der Waals surface area contributed by atoms with E-state index in [2.05, 4.69) is 21.6 Å². The van der Waals surface area contributed by atoms with E-state index < -0.39 is 5.97 Å². The molecule has 0 bridgehead atoms. The molecule has 0 aliphatic heterocycles. The van der Waals surface area contributed by atoms with Crippen LogP contribution in [0.2, 0.25) is 0 Å². The van der Waals surface area contributed by atoms with E-state index in [1.54, 1.807) is 0 Å². The topological polar surface area (TPSA) is 83.0 Å². The Balaban J connectivity index is 2.96. The quantitative estimate of drug-likeness (QED) is 0.552. The van der Waals surface area contributed by atoms with Gasteiger partial charge in [-0.1, -0.05) is 17.4 Å². The van der Waals surface area contributed by atoms with Gasteiger partial charge in [0.1, 0.15) is 0 Å². The molecule has 0 spiro atoms. The van der Waals surface area contributed by atoms with Crippen LogP contribution < -0.4 is 5.73 Å². The van der Waals surface area contributed by atoms with Crippen LogP contribution >= 0.6 is 0 Å². The van der Waals surface area contributed by atoms with E-state index in [4.69, 9.17) is 5.73 Å². The molecule has 0 unspecified atom stereocenters. The Morgan fingerprint density at radius 1 is 1.71 bits per heavy atom. The Kier molecular flexibility index (Phi) is 2.85. The number of hydrogen-bond donors (Lipinski definition) is 1. The van der Waals surface area contributed by atoms with Crippen LogP contribution in [0.15, 0.2) is 12.2 Å². The van der Waals surface area contributed by atoms with E-state index >= 15 is 0 Å². The van der Waals surface area contributed by atoms with Crippen molar-refractivity contribution in [2.45, 2.75) is 13.5 Å². The van der Waals surface area contributed by atoms with Crippen LogP contribution in [0.3, 0.4) is 0 Å². The van der Waals surface area contributed by atoms with Gasteiger partial charge >= 0.3 is 5.97 Å². The van der Waals surface area contributed by atoms with Crippen LogP contribution in [0.5, 0.6) is 0 Å². The van der Waals surface area contributed by atoms with Gasteiger partial charge in [-0.05, 0) is 6.92 Å². The van der Waals surface area contributed by atoms with Crippen LogP contribution in [0.4, 0.5) is 5.82 Å². The number of methoxy groups -OCH3 is 1. The highest BCUT2D eigenvalue weighted by Gasteiger charge is 2.17. The van der Waals surface area contributed by atoms with Gasteiger partial charge in [0, 0.05) is 0 Å². The first-order valence-electron chi connectivity index (χ1n) is 3.98. The zero-order valence-electron chi connectivity index (χ0n) is 8.15. The molecule has 0 aromatic carbocycles. The Hall–Kier alpha value is -1.85. The number of ether oxygens (including phenoxy) is 1. The Bertz CT molecular complexity index is 369. The van der Waals surface area contributed by atoms with E-state index in [-0.39, 0.29) is 11.5 Å². The molecular formula is C8H12N4O2. The largest absolute Gasteiger partial charge is 0.464 e. The lowest BCUT2D eigenvalue weighted by molar-refractivity contribution is 0.0595. The Labute approximate surface area is 81.3 Å². The van der Waals surface area contributed by atoms with Crippen molar-refractivity contribution >= 4 is 11.8 Å². The van der Waals surface area contributed by atoms with Gasteiger partial charge in [0.25, 0.3) is 0 Å². The number of carbonyl (C=O) groups is 1. The maximum Gasteiger partial charge on any atom is 0.362 e. The number of hydrogen-bond acceptors (Lipinski definition) is 5. The van der Waals surface area contributed by atoms with Gasteiger partial charge in [0.2, 0.25) is 5.69 Å². The number of rotatable bonds is 3. The summed E-state index contributed by atoms with van der Waals surface area (Å²) in [5, 5.41) is 7.32. The van der Waals surface area contributed by atoms with E-state index in [1.165, 1.54) is 11.8 Å². The molecule has 1 heterocycles. The van der Waals surface area contributed by atoms with Crippen LogP contribution in [0, 0.1) is 0 Å². The second-order valence-electron chi connectivity index (χ2n) is 2.93. The number of aromatic nitrogens is 3. The maximum absolute atomic E-state index is 11.1. The highest BCUT2D eigenvalue weighted by atomic mass is 16.5. The number of anilines is 1. The standard InChI is InChI=1S/C8H12N4O2/c1-5(2)4-12-7(9)6(10-11-12)8(13)14-3/h1,4,9H2,2-3H3. The molecule has 0 aliphatic rings. The molecular weight excluding hydrogens is 184 g/mol. The maximum atomic E-state index is 11.1. The molecule has 1 aromatic heterocycles. The third-order valence-corrected chi connectivity index (χ3v) is 1.57. The summed E-state index contributed by atoms with van der Waals surface area (Å²) in [6, 6.07) is 0. The normalized spacial score (nSPS) is 9.86. The van der Waals surface area contributed by atoms with Gasteiger partial charge in [0.15, 0.2) is 5.82 Å². The predicted octanol–water partition coefficient (Wildman–Crippen LogP) is 0.223. The van der Waals surface area contributed by atoms with Gasteiger partial charge in [-0.15, -0.1) is 5.10 Å². The van der Waals surface area contributed by atoms with E-state index in [0.717, 1.165) is 5.57 Å². The molecule has 2 N–H and O–H groups in total. The van der Waals surface area contributed by atoms with Crippen LogP contribution in [0.1, 0.15) is 17.4 Å². The predicted molar refractivity (Wildman–Crippen MR) is 50.6 cm³/mol. The second-order valence-corrected chi connectivity index (χ2v) is 2.93. The molecule has 0 amide bonds. The van der Waals surface area contributed by atoms with Crippen molar-refractivity contribution in [3.05, 3.63) is 17.8 Å². The summed E-state index contributed by atoms with van der Waals surface area (Å²) in [6.45, 7) is 5.98. The number of nitrogens with two attached hydrogens (primary N) is 1. The summed E-state index contributed by atoms with van der Waals surface area (Å²) >= 11 is 0. The fraction of sp³-hybridized carbons (Fsp3) is 0.375. The van der Waals surface area contributed by atoms with Crippen molar-refractivity contribution in [1.82, 2.24) is 15.0 Å². The minimum atomic E-state index is -0.588. The van der Waals surface area contributed by atoms with Gasteiger partial charge in [-0.3, -0.25) is 0 Å². The molecule has 0 aliphatic carbocycles. The minimum absolute atomic E-state index is 0.0359. The third kappa shape index (κ3) is 1.90. The first-order chi connectivity index (χ1) is 6.56. The number of nitrogens with zero attached hydrogens (tertiary/aromatic N) is 3. The number of nitrogen functional groups attached to an aromatic ring is 1. The number of allylic oxidation sites excluding steroid dienone is 1. The van der Waals surface area contributed by atoms with Crippen molar-refractivity contribution in [3.63, 3.8) is 0 Å². The zero-order valence-corrected chi connectivity index (χ0v) is 8.15. The summed E-state index contributed by atoms with van der Waals surface area (Å²) in [5.41, 5.74) is 6.53. The number of carbonyl (C=O) groups excluding carboxylic acids is 1. The highest BCUT2D eigenvalue weighted by molar-refractivity contribution is 5.91. The first kappa shape index (κ1) is 10.2. The highest BCUT2D eigenvalue weighted by Crippen LogP contribution is 2.09. The molecule has 6 nitrogen and oxygen atoms in total. The van der Waals surface area contributed by atoms with Gasteiger partial charge in [0.05, 0.1) is 13.7 Å². The first-order valence-corrected chi connectivity index (χ1v) is 3.98. The fourth-order valence-electron chi connectivity index (χ4n) is 0.935. The molecule has 14 heavy (non-hydrogen) atoms. The van der Waals surface area contributed by atoms with Crippen molar-refractivity contribution in [1.29, 1.82) is 0 Å². The Morgan fingerprint density at radius 2 is 2.36 bits per heavy atom. The fourth-order valence-corrected chi connectivity index (χ4v) is 0.935. The van der Waals surface area contributed by atoms with Crippen molar-refractivity contribution in [2.24, 2.45) is 0 Å². The van der Waals surface area contributed by atoms with Crippen LogP contribution in [0.25, 0.3) is 0 Å². The summed E-state index contributed by atoms with van der Waals surface area (Å²) in [4.78, 5) is 11.1. The molecule has 0 radical (unpaired) electrons. The molecule has 0 saturated heterocycles. The summed E-state index contributed by atoms with van der Waals surface area (Å²) in [7, 11) is 1.26. The number of esters is 1. The van der Waals surface area contributed by atoms with Crippen molar-refractivity contribution in [3.8, 4) is 0 Å². The molecule has 0 fully saturated rings. The molecule has 1 aromatic rings. The van der Waals surface area contributed by atoms with Crippen LogP contribution in [-0.2, 0) is 11.3 Å².